The molecule has 8 atom stereocenters. The molecule has 4 rings (SSSR count). The quantitative estimate of drug-likeness (QED) is 0.484. The first-order valence-electron chi connectivity index (χ1n) is 12.8. The fourth-order valence-corrected chi connectivity index (χ4v) is 8.61. The Hall–Kier alpha value is -0.560. The first-order valence-corrected chi connectivity index (χ1v) is 12.8. The van der Waals surface area contributed by atoms with Crippen LogP contribution in [0.25, 0.3) is 0 Å². The summed E-state index contributed by atoms with van der Waals surface area (Å²) in [6.07, 6.45) is 16.5. The van der Waals surface area contributed by atoms with E-state index in [1.54, 1.807) is 0 Å². The van der Waals surface area contributed by atoms with Gasteiger partial charge in [0.1, 0.15) is 0 Å². The van der Waals surface area contributed by atoms with Gasteiger partial charge in [-0.05, 0) is 104 Å². The highest BCUT2D eigenvalue weighted by atomic mass is 16.3. The second-order valence-electron chi connectivity index (χ2n) is 12.2. The van der Waals surface area contributed by atoms with Crippen molar-refractivity contribution >= 4 is 0 Å². The number of hydrogen-bond donors (Lipinski definition) is 1. The zero-order chi connectivity index (χ0) is 21.0. The number of aliphatic hydroxyl groups excluding tert-OH is 1. The summed E-state index contributed by atoms with van der Waals surface area (Å²) in [5.74, 6) is 4.37. The lowest BCUT2D eigenvalue weighted by molar-refractivity contribution is -0.0335. The van der Waals surface area contributed by atoms with Crippen molar-refractivity contribution < 1.29 is 5.11 Å². The second kappa shape index (κ2) is 7.85. The fourth-order valence-electron chi connectivity index (χ4n) is 8.61. The summed E-state index contributed by atoms with van der Waals surface area (Å²) >= 11 is 0. The van der Waals surface area contributed by atoms with E-state index in [2.05, 4.69) is 53.7 Å². The third kappa shape index (κ3) is 3.48. The largest absolute Gasteiger partial charge is 0.393 e. The van der Waals surface area contributed by atoms with Crippen molar-refractivity contribution in [2.24, 2.45) is 46.3 Å². The summed E-state index contributed by atoms with van der Waals surface area (Å²) in [5.41, 5.74) is 4.65. The predicted molar refractivity (Wildman–Crippen MR) is 124 cm³/mol. The van der Waals surface area contributed by atoms with Crippen LogP contribution >= 0.6 is 0 Å². The standard InChI is InChI=1S/C28H46O/c1-18(2)8-7-9-19(3)22-12-13-24-21-10-11-23-20(4)26(29)15-17-28(23,6)25(21)14-16-27(22,24)5/h7-8,18-20,22-24,26,29H,9-17H2,1-6H3. The molecule has 4 aliphatic carbocycles. The molecular formula is C28H46O. The van der Waals surface area contributed by atoms with Crippen LogP contribution in [0.15, 0.2) is 23.3 Å². The molecule has 0 aromatic rings. The maximum Gasteiger partial charge on any atom is 0.0569 e. The van der Waals surface area contributed by atoms with Gasteiger partial charge in [-0.25, -0.2) is 0 Å². The zero-order valence-electron chi connectivity index (χ0n) is 20.0. The van der Waals surface area contributed by atoms with Gasteiger partial charge in [-0.15, -0.1) is 0 Å². The van der Waals surface area contributed by atoms with Crippen LogP contribution in [0, 0.1) is 46.3 Å². The molecule has 1 heteroatoms. The molecule has 0 saturated heterocycles. The zero-order valence-corrected chi connectivity index (χ0v) is 20.0. The molecule has 0 aromatic heterocycles. The van der Waals surface area contributed by atoms with E-state index in [-0.39, 0.29) is 6.10 Å². The van der Waals surface area contributed by atoms with Crippen LogP contribution in [-0.4, -0.2) is 11.2 Å². The lowest BCUT2D eigenvalue weighted by Gasteiger charge is -2.56. The Morgan fingerprint density at radius 1 is 1.03 bits per heavy atom. The van der Waals surface area contributed by atoms with Gasteiger partial charge in [0, 0.05) is 0 Å². The van der Waals surface area contributed by atoms with E-state index < -0.39 is 0 Å². The number of allylic oxidation sites excluding steroid dienone is 4. The molecule has 29 heavy (non-hydrogen) atoms. The number of fused-ring (bicyclic) bond motifs is 4. The molecule has 4 aliphatic rings. The lowest BCUT2D eigenvalue weighted by Crippen LogP contribution is -2.49. The average molecular weight is 399 g/mol. The van der Waals surface area contributed by atoms with Gasteiger partial charge in [-0.3, -0.25) is 0 Å². The van der Waals surface area contributed by atoms with Crippen molar-refractivity contribution in [3.05, 3.63) is 23.3 Å². The Morgan fingerprint density at radius 3 is 2.52 bits per heavy atom. The molecule has 0 aromatic carbocycles. The van der Waals surface area contributed by atoms with E-state index in [1.807, 2.05) is 11.1 Å². The Kier molecular flexibility index (Phi) is 5.86. The highest BCUT2D eigenvalue weighted by molar-refractivity contribution is 5.34. The lowest BCUT2D eigenvalue weighted by atomic mass is 9.49. The summed E-state index contributed by atoms with van der Waals surface area (Å²) < 4.78 is 0. The molecule has 0 aliphatic heterocycles. The number of hydrogen-bond acceptors (Lipinski definition) is 1. The van der Waals surface area contributed by atoms with Crippen molar-refractivity contribution in [2.75, 3.05) is 0 Å². The van der Waals surface area contributed by atoms with Crippen molar-refractivity contribution in [1.82, 2.24) is 0 Å². The van der Waals surface area contributed by atoms with Crippen LogP contribution in [-0.2, 0) is 0 Å². The third-order valence-corrected chi connectivity index (χ3v) is 10.3. The molecule has 0 bridgehead atoms. The van der Waals surface area contributed by atoms with Crippen molar-refractivity contribution in [3.63, 3.8) is 0 Å². The molecule has 2 fully saturated rings. The molecular weight excluding hydrogens is 352 g/mol. The number of rotatable bonds is 4. The Labute approximate surface area is 180 Å². The van der Waals surface area contributed by atoms with E-state index in [4.69, 9.17) is 0 Å². The minimum atomic E-state index is -0.0697. The number of aliphatic hydroxyl groups is 1. The highest BCUT2D eigenvalue weighted by Crippen LogP contribution is 2.66. The molecule has 1 N–H and O–H groups in total. The summed E-state index contributed by atoms with van der Waals surface area (Å²) in [7, 11) is 0. The Balaban J connectivity index is 1.57. The molecule has 0 amide bonds. The van der Waals surface area contributed by atoms with Gasteiger partial charge >= 0.3 is 0 Å². The first kappa shape index (κ1) is 21.7. The van der Waals surface area contributed by atoms with Gasteiger partial charge in [-0.1, -0.05) is 64.8 Å². The van der Waals surface area contributed by atoms with E-state index in [9.17, 15) is 5.11 Å². The average Bonchev–Trinajstić information content (AvgIpc) is 3.02. The summed E-state index contributed by atoms with van der Waals surface area (Å²) in [4.78, 5) is 0. The van der Waals surface area contributed by atoms with Crippen molar-refractivity contribution in [3.8, 4) is 0 Å². The van der Waals surface area contributed by atoms with Crippen LogP contribution in [0.5, 0.6) is 0 Å². The fraction of sp³-hybridized carbons (Fsp3) is 0.857. The van der Waals surface area contributed by atoms with E-state index in [0.29, 0.717) is 28.6 Å². The minimum absolute atomic E-state index is 0.0697. The van der Waals surface area contributed by atoms with Crippen LogP contribution in [0.1, 0.15) is 99.3 Å². The summed E-state index contributed by atoms with van der Waals surface area (Å²) in [6.45, 7) is 14.6. The van der Waals surface area contributed by atoms with Gasteiger partial charge in [0.05, 0.1) is 6.10 Å². The first-order chi connectivity index (χ1) is 13.7. The summed E-state index contributed by atoms with van der Waals surface area (Å²) in [5, 5.41) is 10.5. The maximum atomic E-state index is 10.5. The molecule has 0 radical (unpaired) electrons. The predicted octanol–water partition coefficient (Wildman–Crippen LogP) is 7.55. The molecule has 0 heterocycles. The van der Waals surface area contributed by atoms with Crippen molar-refractivity contribution in [2.45, 2.75) is 105 Å². The molecule has 0 spiro atoms. The molecule has 8 unspecified atom stereocenters. The topological polar surface area (TPSA) is 20.2 Å². The van der Waals surface area contributed by atoms with Gasteiger partial charge < -0.3 is 5.11 Å². The van der Waals surface area contributed by atoms with E-state index in [0.717, 1.165) is 24.2 Å². The van der Waals surface area contributed by atoms with Gasteiger partial charge in [-0.2, -0.15) is 0 Å². The molecule has 1 nitrogen and oxygen atoms in total. The monoisotopic (exact) mass is 398 g/mol. The minimum Gasteiger partial charge on any atom is -0.393 e. The SMILES string of the molecule is CC(C)C=CCC(C)C1CCC2C3=C(CCC21C)C1(C)CCC(O)C(C)C1CC3. The summed E-state index contributed by atoms with van der Waals surface area (Å²) in [6, 6.07) is 0. The van der Waals surface area contributed by atoms with E-state index >= 15 is 0 Å². The maximum absolute atomic E-state index is 10.5. The van der Waals surface area contributed by atoms with Gasteiger partial charge in [0.2, 0.25) is 0 Å². The molecule has 2 saturated carbocycles. The van der Waals surface area contributed by atoms with Gasteiger partial charge in [0.25, 0.3) is 0 Å². The Morgan fingerprint density at radius 2 is 1.79 bits per heavy atom. The van der Waals surface area contributed by atoms with Crippen LogP contribution in [0.2, 0.25) is 0 Å². The van der Waals surface area contributed by atoms with Crippen LogP contribution in [0.3, 0.4) is 0 Å². The molecule has 164 valence electrons. The van der Waals surface area contributed by atoms with Crippen molar-refractivity contribution in [1.29, 1.82) is 0 Å². The normalized spacial score (nSPS) is 46.0. The van der Waals surface area contributed by atoms with Crippen LogP contribution in [0.4, 0.5) is 0 Å². The second-order valence-corrected chi connectivity index (χ2v) is 12.2. The Bertz CT molecular complexity index is 672. The third-order valence-electron chi connectivity index (χ3n) is 10.3. The van der Waals surface area contributed by atoms with E-state index in [1.165, 1.54) is 51.4 Å². The smallest absolute Gasteiger partial charge is 0.0569 e. The van der Waals surface area contributed by atoms with Crippen LogP contribution < -0.4 is 0 Å². The van der Waals surface area contributed by atoms with Gasteiger partial charge in [0.15, 0.2) is 0 Å². The highest BCUT2D eigenvalue weighted by Gasteiger charge is 2.56.